The monoisotopic (exact) mass is 266 g/mol. The molecule has 19 heavy (non-hydrogen) atoms. The van der Waals surface area contributed by atoms with Crippen molar-refractivity contribution in [3.8, 4) is 5.75 Å². The van der Waals surface area contributed by atoms with Crippen LogP contribution in [-0.4, -0.2) is 6.10 Å². The Hall–Kier alpha value is -1.12. The zero-order valence-electron chi connectivity index (χ0n) is 11.1. The van der Waals surface area contributed by atoms with Crippen LogP contribution in [0.1, 0.15) is 50.5 Å². The molecule has 1 nitrogen and oxygen atoms in total. The summed E-state index contributed by atoms with van der Waals surface area (Å²) in [5, 5.41) is 0. The van der Waals surface area contributed by atoms with Gasteiger partial charge in [-0.15, -0.1) is 0 Å². The standard InChI is InChI=1S/C16H20F2O/c17-15-12(10-11-4-1-2-5-11)8-9-14(16(15)18)19-13-6-3-7-13/h8-9,11,13H,1-7,10H2. The van der Waals surface area contributed by atoms with E-state index in [1.807, 2.05) is 0 Å². The molecular formula is C16H20F2O. The summed E-state index contributed by atoms with van der Waals surface area (Å²) in [6, 6.07) is 3.30. The fourth-order valence-electron chi connectivity index (χ4n) is 3.01. The summed E-state index contributed by atoms with van der Waals surface area (Å²) in [4.78, 5) is 0. The van der Waals surface area contributed by atoms with Gasteiger partial charge in [0.1, 0.15) is 0 Å². The predicted molar refractivity (Wildman–Crippen MR) is 70.3 cm³/mol. The van der Waals surface area contributed by atoms with Crippen LogP contribution in [0, 0.1) is 17.6 Å². The molecule has 104 valence electrons. The van der Waals surface area contributed by atoms with E-state index in [0.717, 1.165) is 32.1 Å². The lowest BCUT2D eigenvalue weighted by Gasteiger charge is -2.26. The summed E-state index contributed by atoms with van der Waals surface area (Å²) in [6.07, 6.45) is 8.48. The molecule has 2 fully saturated rings. The Labute approximate surface area is 113 Å². The highest BCUT2D eigenvalue weighted by molar-refractivity contribution is 5.31. The van der Waals surface area contributed by atoms with Gasteiger partial charge in [-0.05, 0) is 43.2 Å². The van der Waals surface area contributed by atoms with E-state index in [9.17, 15) is 8.78 Å². The molecule has 0 atom stereocenters. The maximum absolute atomic E-state index is 14.0. The van der Waals surface area contributed by atoms with Gasteiger partial charge in [0.05, 0.1) is 6.10 Å². The molecule has 2 aliphatic carbocycles. The third-order valence-electron chi connectivity index (χ3n) is 4.46. The quantitative estimate of drug-likeness (QED) is 0.772. The van der Waals surface area contributed by atoms with Gasteiger partial charge in [-0.1, -0.05) is 31.7 Å². The molecule has 0 aromatic heterocycles. The molecule has 3 rings (SSSR count). The Morgan fingerprint density at radius 1 is 0.947 bits per heavy atom. The maximum Gasteiger partial charge on any atom is 0.200 e. The molecule has 0 unspecified atom stereocenters. The molecule has 0 heterocycles. The van der Waals surface area contributed by atoms with Crippen molar-refractivity contribution in [1.82, 2.24) is 0 Å². The zero-order valence-corrected chi connectivity index (χ0v) is 11.1. The van der Waals surface area contributed by atoms with Crippen LogP contribution in [0.2, 0.25) is 0 Å². The van der Waals surface area contributed by atoms with Crippen LogP contribution in [0.3, 0.4) is 0 Å². The van der Waals surface area contributed by atoms with Gasteiger partial charge < -0.3 is 4.74 Å². The van der Waals surface area contributed by atoms with Crippen molar-refractivity contribution < 1.29 is 13.5 Å². The highest BCUT2D eigenvalue weighted by Gasteiger charge is 2.24. The van der Waals surface area contributed by atoms with Gasteiger partial charge in [-0.2, -0.15) is 4.39 Å². The van der Waals surface area contributed by atoms with E-state index in [-0.39, 0.29) is 11.9 Å². The van der Waals surface area contributed by atoms with Gasteiger partial charge in [0.15, 0.2) is 11.6 Å². The van der Waals surface area contributed by atoms with E-state index in [2.05, 4.69) is 0 Å². The van der Waals surface area contributed by atoms with Crippen LogP contribution >= 0.6 is 0 Å². The minimum absolute atomic E-state index is 0.0783. The minimum Gasteiger partial charge on any atom is -0.487 e. The lowest BCUT2D eigenvalue weighted by molar-refractivity contribution is 0.114. The van der Waals surface area contributed by atoms with E-state index < -0.39 is 11.6 Å². The highest BCUT2D eigenvalue weighted by atomic mass is 19.2. The molecule has 3 heteroatoms. The van der Waals surface area contributed by atoms with Crippen LogP contribution in [0.4, 0.5) is 8.78 Å². The molecule has 1 aromatic rings. The van der Waals surface area contributed by atoms with E-state index in [1.54, 1.807) is 12.1 Å². The van der Waals surface area contributed by atoms with Gasteiger partial charge in [-0.3, -0.25) is 0 Å². The summed E-state index contributed by atoms with van der Waals surface area (Å²) in [7, 11) is 0. The first-order chi connectivity index (χ1) is 9.24. The van der Waals surface area contributed by atoms with Crippen molar-refractivity contribution in [2.45, 2.75) is 57.5 Å². The second kappa shape index (κ2) is 5.48. The van der Waals surface area contributed by atoms with Crippen LogP contribution in [-0.2, 0) is 6.42 Å². The number of rotatable bonds is 4. The Morgan fingerprint density at radius 2 is 1.68 bits per heavy atom. The second-order valence-corrected chi connectivity index (χ2v) is 5.88. The Bertz CT molecular complexity index is 448. The molecule has 0 radical (unpaired) electrons. The zero-order chi connectivity index (χ0) is 13.2. The molecule has 0 aliphatic heterocycles. The predicted octanol–water partition coefficient (Wildman–Crippen LogP) is 4.63. The van der Waals surface area contributed by atoms with E-state index >= 15 is 0 Å². The van der Waals surface area contributed by atoms with Crippen LogP contribution in [0.5, 0.6) is 5.75 Å². The van der Waals surface area contributed by atoms with Crippen molar-refractivity contribution in [1.29, 1.82) is 0 Å². The van der Waals surface area contributed by atoms with Crippen LogP contribution in [0.15, 0.2) is 12.1 Å². The molecule has 0 spiro atoms. The summed E-state index contributed by atoms with van der Waals surface area (Å²) >= 11 is 0. The normalized spacial score (nSPS) is 20.5. The maximum atomic E-state index is 14.0. The average molecular weight is 266 g/mol. The molecule has 2 saturated carbocycles. The molecular weight excluding hydrogens is 246 g/mol. The second-order valence-electron chi connectivity index (χ2n) is 5.88. The SMILES string of the molecule is Fc1c(CC2CCCC2)ccc(OC2CCC2)c1F. The van der Waals surface area contributed by atoms with Crippen molar-refractivity contribution in [2.75, 3.05) is 0 Å². The molecule has 0 amide bonds. The fourth-order valence-corrected chi connectivity index (χ4v) is 3.01. The van der Waals surface area contributed by atoms with Gasteiger partial charge in [0.2, 0.25) is 5.82 Å². The van der Waals surface area contributed by atoms with Crippen molar-refractivity contribution in [3.05, 3.63) is 29.3 Å². The number of hydrogen-bond acceptors (Lipinski definition) is 1. The summed E-state index contributed by atoms with van der Waals surface area (Å²) < 4.78 is 33.5. The van der Waals surface area contributed by atoms with Crippen molar-refractivity contribution in [3.63, 3.8) is 0 Å². The fraction of sp³-hybridized carbons (Fsp3) is 0.625. The highest BCUT2D eigenvalue weighted by Crippen LogP contribution is 2.32. The number of ether oxygens (including phenoxy) is 1. The number of halogens is 2. The molecule has 1 aromatic carbocycles. The Balaban J connectivity index is 1.72. The van der Waals surface area contributed by atoms with E-state index in [0.29, 0.717) is 17.9 Å². The first-order valence-corrected chi connectivity index (χ1v) is 7.37. The average Bonchev–Trinajstić information content (AvgIpc) is 2.85. The Kier molecular flexibility index (Phi) is 3.72. The molecule has 0 N–H and O–H groups in total. The Morgan fingerprint density at radius 3 is 2.32 bits per heavy atom. The van der Waals surface area contributed by atoms with Gasteiger partial charge in [-0.25, -0.2) is 4.39 Å². The molecule has 0 saturated heterocycles. The third kappa shape index (κ3) is 2.75. The largest absolute Gasteiger partial charge is 0.487 e. The van der Waals surface area contributed by atoms with Gasteiger partial charge in [0, 0.05) is 0 Å². The van der Waals surface area contributed by atoms with E-state index in [1.165, 1.54) is 12.8 Å². The van der Waals surface area contributed by atoms with Crippen LogP contribution in [0.25, 0.3) is 0 Å². The summed E-state index contributed by atoms with van der Waals surface area (Å²) in [5.74, 6) is -0.907. The first kappa shape index (κ1) is 12.9. The van der Waals surface area contributed by atoms with Gasteiger partial charge >= 0.3 is 0 Å². The minimum atomic E-state index is -0.803. The van der Waals surface area contributed by atoms with Crippen molar-refractivity contribution in [2.24, 2.45) is 5.92 Å². The lowest BCUT2D eigenvalue weighted by Crippen LogP contribution is -2.25. The molecule has 0 bridgehead atoms. The van der Waals surface area contributed by atoms with Gasteiger partial charge in [0.25, 0.3) is 0 Å². The molecule has 2 aliphatic rings. The third-order valence-corrected chi connectivity index (χ3v) is 4.46. The summed E-state index contributed by atoms with van der Waals surface area (Å²) in [6.45, 7) is 0. The topological polar surface area (TPSA) is 9.23 Å². The van der Waals surface area contributed by atoms with E-state index in [4.69, 9.17) is 4.74 Å². The smallest absolute Gasteiger partial charge is 0.200 e. The lowest BCUT2D eigenvalue weighted by atomic mass is 9.95. The number of benzene rings is 1. The first-order valence-electron chi connectivity index (χ1n) is 7.37. The number of hydrogen-bond donors (Lipinski definition) is 0. The van der Waals surface area contributed by atoms with Crippen molar-refractivity contribution >= 4 is 0 Å². The van der Waals surface area contributed by atoms with Crippen LogP contribution < -0.4 is 4.74 Å². The summed E-state index contributed by atoms with van der Waals surface area (Å²) in [5.41, 5.74) is 0.505.